The van der Waals surface area contributed by atoms with E-state index in [1.807, 2.05) is 30.3 Å². The van der Waals surface area contributed by atoms with Crippen molar-refractivity contribution in [2.24, 2.45) is 35.5 Å². The minimum Gasteiger partial charge on any atom is -0.441 e. The van der Waals surface area contributed by atoms with E-state index in [1.54, 1.807) is 24.3 Å². The van der Waals surface area contributed by atoms with Crippen molar-refractivity contribution in [1.82, 2.24) is 0 Å². The van der Waals surface area contributed by atoms with Gasteiger partial charge in [0.05, 0.1) is 17.8 Å². The molecule has 2 saturated carbocycles. The second-order valence-electron chi connectivity index (χ2n) is 13.2. The Balaban J connectivity index is 1.79. The molecule has 0 radical (unpaired) electrons. The monoisotopic (exact) mass is 646 g/mol. The molecule has 0 aliphatic heterocycles. The van der Waals surface area contributed by atoms with Crippen molar-refractivity contribution in [3.63, 3.8) is 0 Å². The average molecular weight is 648 g/mol. The van der Waals surface area contributed by atoms with Crippen molar-refractivity contribution in [3.05, 3.63) is 70.2 Å². The lowest BCUT2D eigenvalue weighted by atomic mass is 9.75. The van der Waals surface area contributed by atoms with Crippen LogP contribution < -0.4 is 0 Å². The number of esters is 1. The van der Waals surface area contributed by atoms with Gasteiger partial charge in [-0.2, -0.15) is 0 Å². The first-order valence-electron chi connectivity index (χ1n) is 15.4. The van der Waals surface area contributed by atoms with Gasteiger partial charge in [-0.25, -0.2) is 4.79 Å². The van der Waals surface area contributed by atoms with Crippen LogP contribution in [-0.2, 0) is 18.3 Å². The quantitative estimate of drug-likeness (QED) is 0.190. The van der Waals surface area contributed by atoms with E-state index in [2.05, 4.69) is 57.5 Å². The Labute approximate surface area is 255 Å². The van der Waals surface area contributed by atoms with Crippen molar-refractivity contribution in [2.75, 3.05) is 0 Å². The molecular weight excluding hydrogens is 599 g/mol. The van der Waals surface area contributed by atoms with Crippen LogP contribution in [-0.4, -0.2) is 18.2 Å². The van der Waals surface area contributed by atoms with E-state index in [0.717, 1.165) is 43.0 Å². The van der Waals surface area contributed by atoms with E-state index in [9.17, 15) is 4.79 Å². The second kappa shape index (κ2) is 14.3. The Hall–Kier alpha value is -1.46. The van der Waals surface area contributed by atoms with E-state index in [0.29, 0.717) is 34.8 Å². The maximum Gasteiger partial charge on any atom is 0.376 e. The molecule has 8 atom stereocenters. The first-order valence-corrected chi connectivity index (χ1v) is 17.8. The van der Waals surface area contributed by atoms with Gasteiger partial charge in [-0.05, 0) is 85.5 Å². The number of carbonyl (C=O) groups is 1. The molecule has 2 aliphatic carbocycles. The van der Waals surface area contributed by atoms with Gasteiger partial charge < -0.3 is 13.8 Å². The molecule has 0 heterocycles. The number of carbonyl (C=O) groups excluding carboxylic acids is 1. The maximum atomic E-state index is 15.5. The number of hydrogen-bond donors (Lipinski definition) is 0. The summed E-state index contributed by atoms with van der Waals surface area (Å²) in [5, 5.41) is 0. The lowest BCUT2D eigenvalue weighted by Gasteiger charge is -2.43. The highest BCUT2D eigenvalue weighted by molar-refractivity contribution is 9.10. The lowest BCUT2D eigenvalue weighted by Crippen LogP contribution is -2.37. The van der Waals surface area contributed by atoms with Crippen LogP contribution in [0.3, 0.4) is 0 Å². The molecule has 0 amide bonds. The SMILES string of the molecule is CC(C)[C@H]1CC[C@@H](C)C[C@H]1OP(=O)(O[C@@H]1C[C@@H](C)CC[C@H]1C(C)C)[C@H](OC(=O)c1ccccc1)c1ccc(Br)cc1. The van der Waals surface area contributed by atoms with Crippen LogP contribution in [0.4, 0.5) is 0 Å². The number of ether oxygens (including phenoxy) is 1. The summed E-state index contributed by atoms with van der Waals surface area (Å²) >= 11 is 3.51. The van der Waals surface area contributed by atoms with Crippen molar-refractivity contribution < 1.29 is 23.1 Å². The summed E-state index contributed by atoms with van der Waals surface area (Å²) in [5.41, 5.74) is 1.01. The normalized spacial score (nSPS) is 29.2. The van der Waals surface area contributed by atoms with Crippen LogP contribution >= 0.6 is 23.5 Å². The number of benzene rings is 2. The van der Waals surface area contributed by atoms with Gasteiger partial charge in [0.25, 0.3) is 0 Å². The maximum absolute atomic E-state index is 15.5. The van der Waals surface area contributed by atoms with Gasteiger partial charge >= 0.3 is 13.6 Å². The van der Waals surface area contributed by atoms with Gasteiger partial charge in [0.15, 0.2) is 0 Å². The van der Waals surface area contributed by atoms with Crippen LogP contribution in [0, 0.1) is 35.5 Å². The zero-order chi connectivity index (χ0) is 29.7. The Bertz CT molecular complexity index is 1130. The van der Waals surface area contributed by atoms with Crippen molar-refractivity contribution >= 4 is 29.5 Å². The average Bonchev–Trinajstić information content (AvgIpc) is 2.92. The van der Waals surface area contributed by atoms with Crippen molar-refractivity contribution in [2.45, 2.75) is 98.1 Å². The molecule has 0 bridgehead atoms. The van der Waals surface area contributed by atoms with Crippen LogP contribution in [0.5, 0.6) is 0 Å². The molecule has 0 N–H and O–H groups in total. The van der Waals surface area contributed by atoms with Crippen molar-refractivity contribution in [3.8, 4) is 0 Å². The predicted molar refractivity (Wildman–Crippen MR) is 169 cm³/mol. The first-order chi connectivity index (χ1) is 19.5. The fraction of sp³-hybridized carbons (Fsp3) is 0.618. The van der Waals surface area contributed by atoms with E-state index >= 15 is 4.57 Å². The Kier molecular flexibility index (Phi) is 11.4. The summed E-state index contributed by atoms with van der Waals surface area (Å²) in [6, 6.07) is 16.3. The highest BCUT2D eigenvalue weighted by Gasteiger charge is 2.49. The van der Waals surface area contributed by atoms with Gasteiger partial charge in [0, 0.05) is 10.0 Å². The van der Waals surface area contributed by atoms with Gasteiger partial charge in [0.1, 0.15) is 0 Å². The largest absolute Gasteiger partial charge is 0.441 e. The van der Waals surface area contributed by atoms with E-state index in [1.165, 1.54) is 0 Å². The van der Waals surface area contributed by atoms with E-state index in [-0.39, 0.29) is 24.0 Å². The molecule has 2 aromatic carbocycles. The smallest absolute Gasteiger partial charge is 0.376 e. The van der Waals surface area contributed by atoms with Gasteiger partial charge in [0.2, 0.25) is 5.85 Å². The third-order valence-electron chi connectivity index (χ3n) is 9.16. The molecule has 0 spiro atoms. The molecule has 41 heavy (non-hydrogen) atoms. The number of rotatable bonds is 10. The molecule has 2 aromatic rings. The third-order valence-corrected chi connectivity index (χ3v) is 11.8. The molecule has 2 fully saturated rings. The minimum absolute atomic E-state index is 0.239. The lowest BCUT2D eigenvalue weighted by molar-refractivity contribution is -0.0207. The van der Waals surface area contributed by atoms with Crippen molar-refractivity contribution in [1.29, 1.82) is 0 Å². The summed E-state index contributed by atoms with van der Waals surface area (Å²) in [6.07, 6.45) is 5.43. The molecular formula is C34H48BrO5P. The summed E-state index contributed by atoms with van der Waals surface area (Å²) in [5.74, 6) is 0.446. The summed E-state index contributed by atoms with van der Waals surface area (Å²) in [7, 11) is -4.04. The predicted octanol–water partition coefficient (Wildman–Crippen LogP) is 10.5. The van der Waals surface area contributed by atoms with Gasteiger partial charge in [-0.1, -0.05) is 101 Å². The molecule has 0 saturated heterocycles. The minimum atomic E-state index is -4.04. The van der Waals surface area contributed by atoms with E-state index < -0.39 is 19.4 Å². The topological polar surface area (TPSA) is 61.8 Å². The number of hydrogen-bond acceptors (Lipinski definition) is 5. The Morgan fingerprint density at radius 3 is 1.73 bits per heavy atom. The van der Waals surface area contributed by atoms with Gasteiger partial charge in [-0.15, -0.1) is 0 Å². The fourth-order valence-electron chi connectivity index (χ4n) is 6.67. The Morgan fingerprint density at radius 2 is 1.27 bits per heavy atom. The molecule has 226 valence electrons. The molecule has 0 aromatic heterocycles. The summed E-state index contributed by atoms with van der Waals surface area (Å²) in [4.78, 5) is 13.5. The molecule has 7 heteroatoms. The zero-order valence-corrected chi connectivity index (χ0v) is 28.0. The standard InChI is InChI=1S/C34H48BrO5P/c1-22(2)29-18-12-24(5)20-31(29)39-41(37,40-32-21-25(6)13-19-30(32)23(3)4)34(27-14-16-28(35)17-15-27)38-33(36)26-10-8-7-9-11-26/h7-11,14-17,22-25,29-32,34H,12-13,18-21H2,1-6H3/t24-,25+,29-,30+,31-,32-,34+,41?/m1/s1. The van der Waals surface area contributed by atoms with E-state index in [4.69, 9.17) is 13.8 Å². The molecule has 2 aliphatic rings. The van der Waals surface area contributed by atoms with Crippen LogP contribution in [0.25, 0.3) is 0 Å². The van der Waals surface area contributed by atoms with Gasteiger partial charge in [-0.3, -0.25) is 4.57 Å². The molecule has 4 rings (SSSR count). The molecule has 1 unspecified atom stereocenters. The van der Waals surface area contributed by atoms with Crippen LogP contribution in [0.2, 0.25) is 0 Å². The highest BCUT2D eigenvalue weighted by atomic mass is 79.9. The zero-order valence-electron chi connectivity index (χ0n) is 25.5. The summed E-state index contributed by atoms with van der Waals surface area (Å²) < 4.78 is 36.2. The highest BCUT2D eigenvalue weighted by Crippen LogP contribution is 2.66. The fourth-order valence-corrected chi connectivity index (χ4v) is 9.21. The second-order valence-corrected chi connectivity index (χ2v) is 16.0. The molecule has 5 nitrogen and oxygen atoms in total. The van der Waals surface area contributed by atoms with Crippen LogP contribution in [0.1, 0.15) is 102 Å². The Morgan fingerprint density at radius 1 is 0.780 bits per heavy atom. The van der Waals surface area contributed by atoms with Crippen LogP contribution in [0.15, 0.2) is 59.1 Å². The third kappa shape index (κ3) is 8.34. The summed E-state index contributed by atoms with van der Waals surface area (Å²) in [6.45, 7) is 13.3. The number of halogens is 1. The first kappa shape index (κ1) is 32.5.